The average molecular weight is 177 g/mol. The van der Waals surface area contributed by atoms with Crippen molar-refractivity contribution in [2.75, 3.05) is 0 Å². The molecule has 60 valence electrons. The van der Waals surface area contributed by atoms with E-state index < -0.39 is 0 Å². The van der Waals surface area contributed by atoms with Crippen LogP contribution in [0.25, 0.3) is 11.1 Å². The van der Waals surface area contributed by atoms with E-state index in [9.17, 15) is 5.11 Å². The molecule has 1 aromatic heterocycles. The Morgan fingerprint density at radius 1 is 1.25 bits per heavy atom. The molecular formula is C9H7NOS. The smallest absolute Gasteiger partial charge is 0.116 e. The average Bonchev–Trinajstić information content (AvgIpc) is 2.56. The van der Waals surface area contributed by atoms with Gasteiger partial charge in [0.25, 0.3) is 0 Å². The first kappa shape index (κ1) is 7.31. The molecule has 0 bridgehead atoms. The van der Waals surface area contributed by atoms with Crippen LogP contribution < -0.4 is 0 Å². The van der Waals surface area contributed by atoms with E-state index in [1.165, 1.54) is 11.5 Å². The number of aromatic nitrogens is 1. The fraction of sp³-hybridized carbons (Fsp3) is 0. The lowest BCUT2D eigenvalue weighted by Crippen LogP contribution is -1.71. The molecule has 3 heteroatoms. The van der Waals surface area contributed by atoms with E-state index in [4.69, 9.17) is 0 Å². The second-order valence-corrected chi connectivity index (χ2v) is 3.12. The molecule has 0 saturated carbocycles. The van der Waals surface area contributed by atoms with Gasteiger partial charge in [0, 0.05) is 17.1 Å². The fourth-order valence-corrected chi connectivity index (χ4v) is 1.58. The third kappa shape index (κ3) is 1.31. The van der Waals surface area contributed by atoms with Crippen LogP contribution in [0.1, 0.15) is 0 Å². The van der Waals surface area contributed by atoms with Gasteiger partial charge in [0.1, 0.15) is 5.75 Å². The number of benzene rings is 1. The molecule has 0 aliphatic rings. The number of phenols is 1. The molecule has 1 heterocycles. The summed E-state index contributed by atoms with van der Waals surface area (Å²) in [5, 5.41) is 11.1. The lowest BCUT2D eigenvalue weighted by Gasteiger charge is -1.96. The van der Waals surface area contributed by atoms with Gasteiger partial charge >= 0.3 is 0 Å². The molecule has 0 spiro atoms. The van der Waals surface area contributed by atoms with Gasteiger partial charge in [-0.1, -0.05) is 12.1 Å². The minimum Gasteiger partial charge on any atom is -0.508 e. The summed E-state index contributed by atoms with van der Waals surface area (Å²) in [6.45, 7) is 0. The summed E-state index contributed by atoms with van der Waals surface area (Å²) in [7, 11) is 0. The highest BCUT2D eigenvalue weighted by Gasteiger charge is 1.98. The Hall–Kier alpha value is -1.35. The number of phenolic OH excluding ortho intramolecular Hbond substituents is 1. The summed E-state index contributed by atoms with van der Waals surface area (Å²) < 4.78 is 3.99. The van der Waals surface area contributed by atoms with Crippen LogP contribution in [0.2, 0.25) is 0 Å². The quantitative estimate of drug-likeness (QED) is 0.726. The molecule has 2 rings (SSSR count). The van der Waals surface area contributed by atoms with Gasteiger partial charge in [-0.05, 0) is 29.2 Å². The molecule has 0 radical (unpaired) electrons. The zero-order valence-corrected chi connectivity index (χ0v) is 7.08. The van der Waals surface area contributed by atoms with Crippen LogP contribution in [0.15, 0.2) is 35.8 Å². The molecule has 2 aromatic rings. The van der Waals surface area contributed by atoms with Gasteiger partial charge in [-0.2, -0.15) is 0 Å². The molecule has 0 fully saturated rings. The number of hydrogen-bond acceptors (Lipinski definition) is 3. The minimum absolute atomic E-state index is 0.290. The second-order valence-electron chi connectivity index (χ2n) is 2.46. The lowest BCUT2D eigenvalue weighted by atomic mass is 10.1. The van der Waals surface area contributed by atoms with E-state index in [0.717, 1.165) is 11.1 Å². The molecule has 0 unspecified atom stereocenters. The molecular weight excluding hydrogens is 170 g/mol. The van der Waals surface area contributed by atoms with E-state index in [1.807, 2.05) is 17.5 Å². The van der Waals surface area contributed by atoms with Gasteiger partial charge in [0.05, 0.1) is 0 Å². The maximum atomic E-state index is 9.19. The summed E-state index contributed by atoms with van der Waals surface area (Å²) in [6, 6.07) is 7.15. The standard InChI is InChI=1S/C9H7NOS/c11-9-3-1-2-7(4-9)8-5-10-12-6-8/h1-6,11H. The van der Waals surface area contributed by atoms with E-state index >= 15 is 0 Å². The predicted octanol–water partition coefficient (Wildman–Crippen LogP) is 2.52. The highest BCUT2D eigenvalue weighted by molar-refractivity contribution is 7.03. The van der Waals surface area contributed by atoms with E-state index in [1.54, 1.807) is 18.3 Å². The number of nitrogens with zero attached hydrogens (tertiary/aromatic N) is 1. The van der Waals surface area contributed by atoms with Gasteiger partial charge in [-0.25, -0.2) is 4.37 Å². The van der Waals surface area contributed by atoms with Crippen molar-refractivity contribution in [3.05, 3.63) is 35.8 Å². The van der Waals surface area contributed by atoms with Crippen LogP contribution in [-0.4, -0.2) is 9.48 Å². The Balaban J connectivity index is 2.48. The zero-order valence-electron chi connectivity index (χ0n) is 6.27. The topological polar surface area (TPSA) is 33.1 Å². The summed E-state index contributed by atoms with van der Waals surface area (Å²) in [4.78, 5) is 0. The summed E-state index contributed by atoms with van der Waals surface area (Å²) in [5.74, 6) is 0.290. The van der Waals surface area contributed by atoms with Crippen molar-refractivity contribution in [3.63, 3.8) is 0 Å². The largest absolute Gasteiger partial charge is 0.508 e. The molecule has 0 atom stereocenters. The van der Waals surface area contributed by atoms with Crippen LogP contribution in [0.3, 0.4) is 0 Å². The highest BCUT2D eigenvalue weighted by Crippen LogP contribution is 2.23. The third-order valence-electron chi connectivity index (χ3n) is 1.61. The Kier molecular flexibility index (Phi) is 1.80. The first-order chi connectivity index (χ1) is 5.86. The van der Waals surface area contributed by atoms with Crippen molar-refractivity contribution in [2.24, 2.45) is 0 Å². The van der Waals surface area contributed by atoms with Crippen molar-refractivity contribution in [1.29, 1.82) is 0 Å². The van der Waals surface area contributed by atoms with Crippen molar-refractivity contribution < 1.29 is 5.11 Å². The van der Waals surface area contributed by atoms with Crippen LogP contribution in [0, 0.1) is 0 Å². The lowest BCUT2D eigenvalue weighted by molar-refractivity contribution is 0.475. The Bertz CT molecular complexity index is 370. The first-order valence-electron chi connectivity index (χ1n) is 3.55. The van der Waals surface area contributed by atoms with Crippen LogP contribution in [-0.2, 0) is 0 Å². The zero-order chi connectivity index (χ0) is 8.39. The van der Waals surface area contributed by atoms with Gasteiger partial charge in [-0.15, -0.1) is 0 Å². The van der Waals surface area contributed by atoms with Gasteiger partial charge in [0.15, 0.2) is 0 Å². The number of aromatic hydroxyl groups is 1. The second kappa shape index (κ2) is 2.95. The van der Waals surface area contributed by atoms with Gasteiger partial charge < -0.3 is 5.11 Å². The Labute approximate surface area is 74.3 Å². The molecule has 2 nitrogen and oxygen atoms in total. The molecule has 0 aliphatic carbocycles. The normalized spacial score (nSPS) is 10.0. The number of hydrogen-bond donors (Lipinski definition) is 1. The number of rotatable bonds is 1. The summed E-state index contributed by atoms with van der Waals surface area (Å²) >= 11 is 1.41. The van der Waals surface area contributed by atoms with Crippen LogP contribution in [0.5, 0.6) is 5.75 Å². The SMILES string of the molecule is Oc1cccc(-c2cnsc2)c1. The fourth-order valence-electron chi connectivity index (χ4n) is 1.03. The summed E-state index contributed by atoms with van der Waals surface area (Å²) in [6.07, 6.45) is 1.79. The maximum Gasteiger partial charge on any atom is 0.116 e. The minimum atomic E-state index is 0.290. The predicted molar refractivity (Wildman–Crippen MR) is 49.2 cm³/mol. The Morgan fingerprint density at radius 3 is 2.83 bits per heavy atom. The van der Waals surface area contributed by atoms with E-state index in [2.05, 4.69) is 4.37 Å². The van der Waals surface area contributed by atoms with Gasteiger partial charge in [0.2, 0.25) is 0 Å². The van der Waals surface area contributed by atoms with Crippen LogP contribution in [0.4, 0.5) is 0 Å². The highest BCUT2D eigenvalue weighted by atomic mass is 32.1. The molecule has 0 saturated heterocycles. The van der Waals surface area contributed by atoms with Crippen molar-refractivity contribution in [1.82, 2.24) is 4.37 Å². The van der Waals surface area contributed by atoms with E-state index in [-0.39, 0.29) is 0 Å². The van der Waals surface area contributed by atoms with Crippen molar-refractivity contribution in [3.8, 4) is 16.9 Å². The van der Waals surface area contributed by atoms with Crippen molar-refractivity contribution >= 4 is 11.5 Å². The maximum absolute atomic E-state index is 9.19. The van der Waals surface area contributed by atoms with Gasteiger partial charge in [-0.3, -0.25) is 0 Å². The monoisotopic (exact) mass is 177 g/mol. The molecule has 0 amide bonds. The third-order valence-corrected chi connectivity index (χ3v) is 2.20. The van der Waals surface area contributed by atoms with Crippen molar-refractivity contribution in [2.45, 2.75) is 0 Å². The Morgan fingerprint density at radius 2 is 2.17 bits per heavy atom. The first-order valence-corrected chi connectivity index (χ1v) is 4.39. The van der Waals surface area contributed by atoms with E-state index in [0.29, 0.717) is 5.75 Å². The molecule has 1 aromatic carbocycles. The molecule has 12 heavy (non-hydrogen) atoms. The molecule has 1 N–H and O–H groups in total. The molecule has 0 aliphatic heterocycles. The van der Waals surface area contributed by atoms with Crippen LogP contribution >= 0.6 is 11.5 Å². The summed E-state index contributed by atoms with van der Waals surface area (Å²) in [5.41, 5.74) is 2.06.